The number of hydrogen-bond acceptors (Lipinski definition) is 3. The van der Waals surface area contributed by atoms with Crippen molar-refractivity contribution >= 4 is 5.91 Å². The zero-order valence-electron chi connectivity index (χ0n) is 19.9. The number of benzene rings is 1. The van der Waals surface area contributed by atoms with E-state index in [0.29, 0.717) is 28.9 Å². The summed E-state index contributed by atoms with van der Waals surface area (Å²) in [6.45, 7) is 10.1. The Balaban J connectivity index is 1.22. The van der Waals surface area contributed by atoms with E-state index in [2.05, 4.69) is 25.7 Å². The monoisotopic (exact) mass is 444 g/mol. The lowest BCUT2D eigenvalue weighted by Gasteiger charge is -2.22. The Morgan fingerprint density at radius 1 is 1.15 bits per heavy atom. The molecule has 1 amide bonds. The fourth-order valence-corrected chi connectivity index (χ4v) is 5.24. The molecular formula is C28H32N2O3. The van der Waals surface area contributed by atoms with E-state index in [-0.39, 0.29) is 24.1 Å². The standard InChI is InChI=1S/C28H32N2O3/c1-18-13-23(33-17-27(32)29-15-24-25(16-29)28(24,3)4)14-26(31)30(18)19(2)22-11-9-21(10-12-22)8-7-20-5-6-20/h9-14,19-20,24-25H,5-6,15-17H2,1-4H3/t19-,24?,25?/m1/s1. The number of amides is 1. The SMILES string of the molecule is Cc1cc(OCC(=O)N2CC3C(C2)C3(C)C)cc(=O)n1[C@H](C)c1ccc(C#CC2CC2)cc1. The van der Waals surface area contributed by atoms with Crippen LogP contribution >= 0.6 is 0 Å². The highest BCUT2D eigenvalue weighted by molar-refractivity contribution is 5.78. The van der Waals surface area contributed by atoms with E-state index in [0.717, 1.165) is 29.9 Å². The first kappa shape index (κ1) is 21.8. The molecule has 2 saturated carbocycles. The second-order valence-corrected chi connectivity index (χ2v) is 10.5. The van der Waals surface area contributed by atoms with Crippen molar-refractivity contribution in [3.8, 4) is 17.6 Å². The fraction of sp³-hybridized carbons (Fsp3) is 0.500. The van der Waals surface area contributed by atoms with Gasteiger partial charge in [-0.1, -0.05) is 37.8 Å². The Bertz CT molecular complexity index is 1180. The third-order valence-electron chi connectivity index (χ3n) is 7.85. The molecule has 5 heteroatoms. The summed E-state index contributed by atoms with van der Waals surface area (Å²) in [6, 6.07) is 11.3. The number of likely N-dealkylation sites (tertiary alicyclic amines) is 1. The molecule has 2 aromatic rings. The van der Waals surface area contributed by atoms with E-state index in [1.54, 1.807) is 4.57 Å². The normalized spacial score (nSPS) is 23.3. The molecule has 1 aromatic carbocycles. The van der Waals surface area contributed by atoms with Crippen LogP contribution in [0.5, 0.6) is 5.75 Å². The van der Waals surface area contributed by atoms with E-state index in [4.69, 9.17) is 4.74 Å². The number of pyridine rings is 1. The molecule has 1 aromatic heterocycles. The summed E-state index contributed by atoms with van der Waals surface area (Å²) in [4.78, 5) is 27.4. The highest BCUT2D eigenvalue weighted by Gasteiger charge is 2.62. The molecule has 3 aliphatic rings. The third-order valence-corrected chi connectivity index (χ3v) is 7.85. The predicted octanol–water partition coefficient (Wildman–Crippen LogP) is 4.02. The van der Waals surface area contributed by atoms with Gasteiger partial charge in [-0.05, 0) is 67.7 Å². The van der Waals surface area contributed by atoms with Gasteiger partial charge in [0.1, 0.15) is 5.75 Å². The number of ether oxygens (including phenoxy) is 1. The zero-order valence-corrected chi connectivity index (χ0v) is 19.9. The van der Waals surface area contributed by atoms with Gasteiger partial charge in [0.15, 0.2) is 6.61 Å². The number of fused-ring (bicyclic) bond motifs is 1. The lowest BCUT2D eigenvalue weighted by molar-refractivity contribution is -0.133. The lowest BCUT2D eigenvalue weighted by Crippen LogP contribution is -2.36. The first-order valence-corrected chi connectivity index (χ1v) is 12.0. The topological polar surface area (TPSA) is 51.5 Å². The van der Waals surface area contributed by atoms with Crippen LogP contribution in [0.25, 0.3) is 0 Å². The van der Waals surface area contributed by atoms with Crippen LogP contribution in [0, 0.1) is 41.9 Å². The van der Waals surface area contributed by atoms with E-state index in [9.17, 15) is 9.59 Å². The Morgan fingerprint density at radius 3 is 2.42 bits per heavy atom. The fourth-order valence-electron chi connectivity index (χ4n) is 5.24. The van der Waals surface area contributed by atoms with Crippen LogP contribution in [0.2, 0.25) is 0 Å². The molecular weight excluding hydrogens is 412 g/mol. The molecule has 3 fully saturated rings. The lowest BCUT2D eigenvalue weighted by atomic mass is 10.1. The van der Waals surface area contributed by atoms with Crippen molar-refractivity contribution in [1.82, 2.24) is 9.47 Å². The average molecular weight is 445 g/mol. The van der Waals surface area contributed by atoms with Crippen LogP contribution in [-0.4, -0.2) is 35.1 Å². The molecule has 2 aliphatic carbocycles. The van der Waals surface area contributed by atoms with Crippen molar-refractivity contribution in [3.63, 3.8) is 0 Å². The van der Waals surface area contributed by atoms with Crippen LogP contribution in [0.3, 0.4) is 0 Å². The summed E-state index contributed by atoms with van der Waals surface area (Å²) in [6.07, 6.45) is 2.44. The molecule has 5 nitrogen and oxygen atoms in total. The molecule has 33 heavy (non-hydrogen) atoms. The van der Waals surface area contributed by atoms with Gasteiger partial charge in [-0.2, -0.15) is 0 Å². The molecule has 0 N–H and O–H groups in total. The maximum Gasteiger partial charge on any atom is 0.260 e. The summed E-state index contributed by atoms with van der Waals surface area (Å²) >= 11 is 0. The third kappa shape index (κ3) is 4.31. The van der Waals surface area contributed by atoms with E-state index in [1.807, 2.05) is 49.1 Å². The van der Waals surface area contributed by atoms with Crippen molar-refractivity contribution < 1.29 is 9.53 Å². The number of aryl methyl sites for hydroxylation is 1. The van der Waals surface area contributed by atoms with Gasteiger partial charge in [-0.25, -0.2) is 0 Å². The number of piperidine rings is 1. The summed E-state index contributed by atoms with van der Waals surface area (Å²) in [5.41, 5.74) is 3.11. The Labute approximate surface area is 195 Å². The minimum Gasteiger partial charge on any atom is -0.484 e. The van der Waals surface area contributed by atoms with Crippen molar-refractivity contribution in [2.75, 3.05) is 19.7 Å². The van der Waals surface area contributed by atoms with Gasteiger partial charge in [-0.3, -0.25) is 9.59 Å². The molecule has 0 radical (unpaired) electrons. The molecule has 1 saturated heterocycles. The minimum absolute atomic E-state index is 0.00178. The second-order valence-electron chi connectivity index (χ2n) is 10.5. The van der Waals surface area contributed by atoms with Crippen molar-refractivity contribution in [1.29, 1.82) is 0 Å². The van der Waals surface area contributed by atoms with Gasteiger partial charge >= 0.3 is 0 Å². The van der Waals surface area contributed by atoms with E-state index < -0.39 is 0 Å². The van der Waals surface area contributed by atoms with Gasteiger partial charge in [0.2, 0.25) is 0 Å². The van der Waals surface area contributed by atoms with Crippen LogP contribution in [0.4, 0.5) is 0 Å². The summed E-state index contributed by atoms with van der Waals surface area (Å²) in [7, 11) is 0. The first-order valence-electron chi connectivity index (χ1n) is 12.0. The van der Waals surface area contributed by atoms with Crippen molar-refractivity contribution in [3.05, 3.63) is 63.6 Å². The first-order chi connectivity index (χ1) is 15.7. The Hall–Kier alpha value is -3.00. The summed E-state index contributed by atoms with van der Waals surface area (Å²) < 4.78 is 7.49. The maximum atomic E-state index is 12.9. The summed E-state index contributed by atoms with van der Waals surface area (Å²) in [5, 5.41) is 0. The predicted molar refractivity (Wildman–Crippen MR) is 128 cm³/mol. The largest absolute Gasteiger partial charge is 0.484 e. The second kappa shape index (κ2) is 8.09. The van der Waals surface area contributed by atoms with Gasteiger partial charge in [0.25, 0.3) is 11.5 Å². The molecule has 2 unspecified atom stereocenters. The highest BCUT2D eigenvalue weighted by atomic mass is 16.5. The molecule has 5 rings (SSSR count). The summed E-state index contributed by atoms with van der Waals surface area (Å²) in [5.74, 6) is 8.77. The van der Waals surface area contributed by atoms with Gasteiger partial charge in [0.05, 0.1) is 6.04 Å². The molecule has 0 spiro atoms. The van der Waals surface area contributed by atoms with Crippen molar-refractivity contribution in [2.45, 2.75) is 46.6 Å². The number of aromatic nitrogens is 1. The van der Waals surface area contributed by atoms with E-state index >= 15 is 0 Å². The number of hydrogen-bond donors (Lipinski definition) is 0. The molecule has 1 aliphatic heterocycles. The maximum absolute atomic E-state index is 12.9. The van der Waals surface area contributed by atoms with Crippen LogP contribution in [-0.2, 0) is 4.79 Å². The highest BCUT2D eigenvalue weighted by Crippen LogP contribution is 2.61. The quantitative estimate of drug-likeness (QED) is 0.655. The average Bonchev–Trinajstić information content (AvgIpc) is 3.63. The van der Waals surface area contributed by atoms with Crippen LogP contribution < -0.4 is 10.3 Å². The van der Waals surface area contributed by atoms with Gasteiger partial charge in [-0.15, -0.1) is 0 Å². The molecule has 172 valence electrons. The molecule has 0 bridgehead atoms. The van der Waals surface area contributed by atoms with E-state index in [1.165, 1.54) is 18.9 Å². The van der Waals surface area contributed by atoms with Gasteiger partial charge < -0.3 is 14.2 Å². The van der Waals surface area contributed by atoms with Crippen LogP contribution in [0.1, 0.15) is 56.5 Å². The smallest absolute Gasteiger partial charge is 0.260 e. The Kier molecular flexibility index (Phi) is 5.35. The molecule has 2 heterocycles. The number of rotatable bonds is 5. The van der Waals surface area contributed by atoms with Crippen molar-refractivity contribution in [2.24, 2.45) is 23.2 Å². The number of carbonyl (C=O) groups excluding carboxylic acids is 1. The Morgan fingerprint density at radius 2 is 1.82 bits per heavy atom. The van der Waals surface area contributed by atoms with Crippen LogP contribution in [0.15, 0.2) is 41.2 Å². The number of nitrogens with zero attached hydrogens (tertiary/aromatic N) is 2. The number of carbonyl (C=O) groups is 1. The minimum atomic E-state index is -0.133. The molecule has 3 atom stereocenters. The zero-order chi connectivity index (χ0) is 23.3. The van der Waals surface area contributed by atoms with Gasteiger partial charge in [0, 0.05) is 36.3 Å².